The molecule has 1 aliphatic heterocycles. The summed E-state index contributed by atoms with van der Waals surface area (Å²) in [6.07, 6.45) is -5.56. The molecule has 9 heteroatoms. The number of nitrogens with two attached hydrogens (primary N) is 1. The number of aliphatic hydroxyl groups excluding tert-OH is 2. The van der Waals surface area contributed by atoms with Gasteiger partial charge in [-0.15, -0.1) is 5.10 Å². The fraction of sp³-hybridized carbons (Fsp3) is 0.500. The number of hydrogen-bond donors (Lipinski definition) is 3. The van der Waals surface area contributed by atoms with Gasteiger partial charge in [-0.05, 0) is 19.1 Å². The lowest BCUT2D eigenvalue weighted by Crippen LogP contribution is -2.42. The molecule has 4 atom stereocenters. The summed E-state index contributed by atoms with van der Waals surface area (Å²) in [6, 6.07) is 2.97. The van der Waals surface area contributed by atoms with Crippen LogP contribution >= 0.6 is 0 Å². The highest BCUT2D eigenvalue weighted by Gasteiger charge is 2.53. The fourth-order valence-electron chi connectivity index (χ4n) is 2.51. The molecular weight excluding hydrogens is 286 g/mol. The standard InChI is InChI=1S/C12H14F2N4O3/c1-12(4-19)9(20)7(13)8(21-12)5-2-3-6-10(15)16-11(14)17-18(5)6/h2-3,7-9,19-20H,4H2,1H3,(H2,15,16,17)/t7-,8-,9-,12+/m0/s1. The van der Waals surface area contributed by atoms with E-state index >= 15 is 0 Å². The number of halogens is 2. The lowest BCUT2D eigenvalue weighted by Gasteiger charge is -2.24. The number of nitrogens with zero attached hydrogens (tertiary/aromatic N) is 3. The minimum Gasteiger partial charge on any atom is -0.393 e. The number of hydrogen-bond acceptors (Lipinski definition) is 6. The lowest BCUT2D eigenvalue weighted by molar-refractivity contribution is -0.100. The molecule has 0 bridgehead atoms. The van der Waals surface area contributed by atoms with Crippen molar-refractivity contribution in [3.63, 3.8) is 0 Å². The van der Waals surface area contributed by atoms with Gasteiger partial charge < -0.3 is 20.7 Å². The summed E-state index contributed by atoms with van der Waals surface area (Å²) in [5, 5.41) is 22.7. The SMILES string of the molecule is C[C@]1(CO)O[C@@H](c2ccc3c(N)nc(F)nn23)[C@H](F)[C@@H]1O. The maximum absolute atomic E-state index is 14.3. The van der Waals surface area contributed by atoms with Crippen molar-refractivity contribution in [1.29, 1.82) is 0 Å². The van der Waals surface area contributed by atoms with Gasteiger partial charge in [-0.1, -0.05) is 0 Å². The third-order valence-electron chi connectivity index (χ3n) is 3.76. The highest BCUT2D eigenvalue weighted by Crippen LogP contribution is 2.41. The second kappa shape index (κ2) is 4.58. The molecule has 3 heterocycles. The van der Waals surface area contributed by atoms with E-state index in [9.17, 15) is 19.0 Å². The third kappa shape index (κ3) is 1.96. The zero-order valence-electron chi connectivity index (χ0n) is 11.1. The quantitative estimate of drug-likeness (QED) is 0.719. The molecule has 21 heavy (non-hydrogen) atoms. The second-order valence-electron chi connectivity index (χ2n) is 5.22. The molecule has 7 nitrogen and oxygen atoms in total. The molecule has 1 fully saturated rings. The first kappa shape index (κ1) is 14.1. The largest absolute Gasteiger partial charge is 0.393 e. The van der Waals surface area contributed by atoms with Gasteiger partial charge in [0.1, 0.15) is 23.3 Å². The van der Waals surface area contributed by atoms with Gasteiger partial charge in [0.2, 0.25) is 0 Å². The number of alkyl halides is 1. The molecule has 114 valence electrons. The molecule has 4 N–H and O–H groups in total. The van der Waals surface area contributed by atoms with Crippen molar-refractivity contribution in [3.8, 4) is 0 Å². The summed E-state index contributed by atoms with van der Waals surface area (Å²) in [5.41, 5.74) is 4.62. The summed E-state index contributed by atoms with van der Waals surface area (Å²) in [5.74, 6) is -0.0902. The van der Waals surface area contributed by atoms with E-state index in [-0.39, 0.29) is 11.5 Å². The zero-order chi connectivity index (χ0) is 15.4. The van der Waals surface area contributed by atoms with Crippen LogP contribution in [-0.2, 0) is 4.74 Å². The van der Waals surface area contributed by atoms with Gasteiger partial charge in [0, 0.05) is 0 Å². The molecule has 0 amide bonds. The maximum Gasteiger partial charge on any atom is 0.327 e. The molecule has 0 saturated carbocycles. The zero-order valence-corrected chi connectivity index (χ0v) is 11.1. The molecule has 2 aromatic rings. The van der Waals surface area contributed by atoms with Crippen LogP contribution in [0.25, 0.3) is 5.52 Å². The second-order valence-corrected chi connectivity index (χ2v) is 5.22. The Balaban J connectivity index is 2.10. The Morgan fingerprint density at radius 1 is 1.52 bits per heavy atom. The van der Waals surface area contributed by atoms with Crippen molar-refractivity contribution in [2.75, 3.05) is 12.3 Å². The summed E-state index contributed by atoms with van der Waals surface area (Å²) in [4.78, 5) is 3.38. The molecule has 0 unspecified atom stereocenters. The van der Waals surface area contributed by atoms with Crippen molar-refractivity contribution >= 4 is 11.3 Å². The predicted molar refractivity (Wildman–Crippen MR) is 67.6 cm³/mol. The average Bonchev–Trinajstić information content (AvgIpc) is 2.95. The van der Waals surface area contributed by atoms with Crippen LogP contribution in [0, 0.1) is 6.08 Å². The minimum atomic E-state index is -1.79. The molecule has 1 saturated heterocycles. The van der Waals surface area contributed by atoms with Crippen LogP contribution < -0.4 is 5.73 Å². The smallest absolute Gasteiger partial charge is 0.327 e. The van der Waals surface area contributed by atoms with Gasteiger partial charge in [0.15, 0.2) is 12.0 Å². The Kier molecular flexibility index (Phi) is 3.08. The molecule has 0 aliphatic carbocycles. The van der Waals surface area contributed by atoms with Gasteiger partial charge in [0.05, 0.1) is 12.3 Å². The Bertz CT molecular complexity index is 694. The third-order valence-corrected chi connectivity index (χ3v) is 3.76. The van der Waals surface area contributed by atoms with Gasteiger partial charge >= 0.3 is 6.08 Å². The van der Waals surface area contributed by atoms with Crippen LogP contribution in [0.5, 0.6) is 0 Å². The number of nitrogen functional groups attached to an aromatic ring is 1. The van der Waals surface area contributed by atoms with Crippen molar-refractivity contribution in [1.82, 2.24) is 14.6 Å². The van der Waals surface area contributed by atoms with E-state index in [1.807, 2.05) is 0 Å². The molecule has 3 rings (SSSR count). The fourth-order valence-corrected chi connectivity index (χ4v) is 2.51. The Morgan fingerprint density at radius 3 is 2.86 bits per heavy atom. The first-order chi connectivity index (χ1) is 9.87. The molecule has 1 aliphatic rings. The van der Waals surface area contributed by atoms with E-state index in [1.165, 1.54) is 19.1 Å². The van der Waals surface area contributed by atoms with Crippen LogP contribution in [0.15, 0.2) is 12.1 Å². The topological polar surface area (TPSA) is 106 Å². The average molecular weight is 300 g/mol. The number of ether oxygens (including phenoxy) is 1. The summed E-state index contributed by atoms with van der Waals surface area (Å²) in [7, 11) is 0. The molecule has 0 radical (unpaired) electrons. The minimum absolute atomic E-state index is 0.0902. The highest BCUT2D eigenvalue weighted by atomic mass is 19.1. The monoisotopic (exact) mass is 300 g/mol. The Morgan fingerprint density at radius 2 is 2.24 bits per heavy atom. The van der Waals surface area contributed by atoms with Crippen LogP contribution in [0.1, 0.15) is 18.7 Å². The highest BCUT2D eigenvalue weighted by molar-refractivity contribution is 5.65. The van der Waals surface area contributed by atoms with E-state index in [4.69, 9.17) is 10.5 Å². The molecule has 2 aromatic heterocycles. The lowest BCUT2D eigenvalue weighted by atomic mass is 9.98. The van der Waals surface area contributed by atoms with Gasteiger partial charge in [-0.3, -0.25) is 0 Å². The van der Waals surface area contributed by atoms with Crippen LogP contribution in [0.4, 0.5) is 14.6 Å². The van der Waals surface area contributed by atoms with Crippen LogP contribution in [0.2, 0.25) is 0 Å². The number of fused-ring (bicyclic) bond motifs is 1. The first-order valence-corrected chi connectivity index (χ1v) is 6.29. The summed E-state index contributed by atoms with van der Waals surface area (Å²) >= 11 is 0. The van der Waals surface area contributed by atoms with Gasteiger partial charge in [0.25, 0.3) is 0 Å². The number of aromatic nitrogens is 3. The van der Waals surface area contributed by atoms with Crippen molar-refractivity contribution in [2.24, 2.45) is 0 Å². The van der Waals surface area contributed by atoms with Crippen LogP contribution in [0.3, 0.4) is 0 Å². The number of aliphatic hydroxyl groups is 2. The van der Waals surface area contributed by atoms with Gasteiger partial charge in [-0.2, -0.15) is 9.37 Å². The molecule has 0 aromatic carbocycles. The first-order valence-electron chi connectivity index (χ1n) is 6.29. The predicted octanol–water partition coefficient (Wildman–Crippen LogP) is -0.0281. The Labute approximate surface area is 118 Å². The van der Waals surface area contributed by atoms with E-state index in [0.717, 1.165) is 4.52 Å². The van der Waals surface area contributed by atoms with E-state index in [2.05, 4.69) is 10.1 Å². The van der Waals surface area contributed by atoms with Gasteiger partial charge in [-0.25, -0.2) is 8.91 Å². The van der Waals surface area contributed by atoms with Crippen molar-refractivity contribution < 1.29 is 23.7 Å². The maximum atomic E-state index is 14.3. The van der Waals surface area contributed by atoms with E-state index in [1.54, 1.807) is 0 Å². The van der Waals surface area contributed by atoms with E-state index < -0.39 is 36.7 Å². The molecule has 0 spiro atoms. The number of rotatable bonds is 2. The summed E-state index contributed by atoms with van der Waals surface area (Å²) < 4.78 is 34.1. The van der Waals surface area contributed by atoms with Crippen LogP contribution in [-0.4, -0.2) is 49.3 Å². The summed E-state index contributed by atoms with van der Waals surface area (Å²) in [6.45, 7) is 0.837. The molecular formula is C12H14F2N4O3. The Hall–Kier alpha value is -1.84. The van der Waals surface area contributed by atoms with Crippen molar-refractivity contribution in [3.05, 3.63) is 23.9 Å². The van der Waals surface area contributed by atoms with E-state index in [0.29, 0.717) is 5.52 Å². The van der Waals surface area contributed by atoms with Crippen molar-refractivity contribution in [2.45, 2.75) is 30.9 Å². The number of anilines is 1. The normalized spacial score (nSPS) is 32.9.